The molecule has 0 atom stereocenters. The quantitative estimate of drug-likeness (QED) is 0.858. The van der Waals surface area contributed by atoms with E-state index < -0.39 is 0 Å². The minimum Gasteiger partial charge on any atom is -0.355 e. The summed E-state index contributed by atoms with van der Waals surface area (Å²) in [4.78, 5) is 20.8. The van der Waals surface area contributed by atoms with Gasteiger partial charge < -0.3 is 4.90 Å². The Hall–Kier alpha value is -1.79. The van der Waals surface area contributed by atoms with Crippen LogP contribution in [0.15, 0.2) is 29.0 Å². The molecule has 2 fully saturated rings. The monoisotopic (exact) mass is 339 g/mol. The van der Waals surface area contributed by atoms with Crippen molar-refractivity contribution in [2.24, 2.45) is 10.4 Å². The Morgan fingerprint density at radius 1 is 1.21 bits per heavy atom. The number of nitrogens with zero attached hydrogens (tertiary/aromatic N) is 5. The van der Waals surface area contributed by atoms with Gasteiger partial charge in [-0.15, -0.1) is 11.3 Å². The zero-order valence-corrected chi connectivity index (χ0v) is 14.7. The Bertz CT molecular complexity index is 838. The molecule has 5 rings (SSSR count). The van der Waals surface area contributed by atoms with Crippen LogP contribution in [0.5, 0.6) is 0 Å². The van der Waals surface area contributed by atoms with Crippen molar-refractivity contribution in [2.45, 2.75) is 13.3 Å². The molecule has 6 heteroatoms. The van der Waals surface area contributed by atoms with Crippen molar-refractivity contribution < 1.29 is 0 Å². The summed E-state index contributed by atoms with van der Waals surface area (Å²) < 4.78 is 0. The Balaban J connectivity index is 1.26. The molecule has 0 N–H and O–H groups in total. The third-order valence-corrected chi connectivity index (χ3v) is 6.49. The molecule has 2 aromatic heterocycles. The number of aliphatic imine (C=N–C) groups is 1. The van der Waals surface area contributed by atoms with E-state index in [0.717, 1.165) is 43.2 Å². The number of fused-ring (bicyclic) bond motifs is 1. The first-order valence-electron chi connectivity index (χ1n) is 8.64. The molecule has 0 saturated carbocycles. The van der Waals surface area contributed by atoms with Crippen LogP contribution in [0.1, 0.15) is 11.8 Å². The summed E-state index contributed by atoms with van der Waals surface area (Å²) in [6.07, 6.45) is 7.05. The van der Waals surface area contributed by atoms with Gasteiger partial charge in [0, 0.05) is 49.2 Å². The number of thiophene rings is 1. The summed E-state index contributed by atoms with van der Waals surface area (Å²) in [5.41, 5.74) is 1.86. The molecule has 0 bridgehead atoms. The molecule has 3 aliphatic heterocycles. The number of aryl methyl sites for hydroxylation is 1. The van der Waals surface area contributed by atoms with E-state index in [1.54, 1.807) is 17.7 Å². The minimum absolute atomic E-state index is 0.483. The normalized spacial score (nSPS) is 22.0. The molecule has 0 unspecified atom stereocenters. The van der Waals surface area contributed by atoms with Gasteiger partial charge in [0.1, 0.15) is 17.0 Å². The van der Waals surface area contributed by atoms with Crippen molar-refractivity contribution in [3.05, 3.63) is 28.9 Å². The summed E-state index contributed by atoms with van der Waals surface area (Å²) in [5.74, 6) is 1.13. The second-order valence-corrected chi connectivity index (χ2v) is 8.37. The molecule has 24 heavy (non-hydrogen) atoms. The number of anilines is 1. The largest absolute Gasteiger partial charge is 0.355 e. The SMILES string of the molecule is CCc1cc2c(N3CC4(CN(CC5=CCN=C5)C4)C3)ncnc2s1. The highest BCUT2D eigenvalue weighted by molar-refractivity contribution is 7.18. The number of rotatable bonds is 4. The second kappa shape index (κ2) is 5.36. The first-order valence-corrected chi connectivity index (χ1v) is 9.46. The van der Waals surface area contributed by atoms with Crippen LogP contribution in [0, 0.1) is 5.41 Å². The van der Waals surface area contributed by atoms with Gasteiger partial charge in [-0.1, -0.05) is 13.0 Å². The van der Waals surface area contributed by atoms with Gasteiger partial charge in [-0.2, -0.15) is 0 Å². The van der Waals surface area contributed by atoms with Gasteiger partial charge in [0.25, 0.3) is 0 Å². The Morgan fingerprint density at radius 2 is 2.08 bits per heavy atom. The molecular weight excluding hydrogens is 318 g/mol. The standard InChI is InChI=1S/C18H21N5S/c1-2-14-5-15-16(20-12-21-17(15)24-14)23-10-18(11-23)8-22(9-18)7-13-3-4-19-6-13/h3,5-6,12H,2,4,7-11H2,1H3. The lowest BCUT2D eigenvalue weighted by molar-refractivity contribution is -0.0144. The highest BCUT2D eigenvalue weighted by Gasteiger charge is 2.52. The van der Waals surface area contributed by atoms with Gasteiger partial charge in [0.15, 0.2) is 0 Å². The molecule has 124 valence electrons. The number of aromatic nitrogens is 2. The maximum atomic E-state index is 4.58. The number of hydrogen-bond acceptors (Lipinski definition) is 6. The maximum Gasteiger partial charge on any atom is 0.140 e. The average Bonchev–Trinajstić information content (AvgIpc) is 3.16. The van der Waals surface area contributed by atoms with E-state index in [4.69, 9.17) is 0 Å². The van der Waals surface area contributed by atoms with Crippen LogP contribution in [0.25, 0.3) is 10.2 Å². The van der Waals surface area contributed by atoms with E-state index in [0.29, 0.717) is 5.41 Å². The first kappa shape index (κ1) is 14.5. The lowest BCUT2D eigenvalue weighted by atomic mass is 9.72. The van der Waals surface area contributed by atoms with E-state index in [2.05, 4.69) is 43.8 Å². The van der Waals surface area contributed by atoms with Crippen molar-refractivity contribution in [1.82, 2.24) is 14.9 Å². The zero-order valence-electron chi connectivity index (χ0n) is 13.9. The van der Waals surface area contributed by atoms with Gasteiger partial charge in [-0.3, -0.25) is 9.89 Å². The molecule has 2 saturated heterocycles. The molecule has 0 radical (unpaired) electrons. The van der Waals surface area contributed by atoms with Crippen LogP contribution in [-0.4, -0.2) is 60.4 Å². The van der Waals surface area contributed by atoms with Crippen molar-refractivity contribution in [3.8, 4) is 0 Å². The van der Waals surface area contributed by atoms with Crippen molar-refractivity contribution in [1.29, 1.82) is 0 Å². The lowest BCUT2D eigenvalue weighted by Gasteiger charge is -2.60. The molecule has 0 aromatic carbocycles. The van der Waals surface area contributed by atoms with Crippen molar-refractivity contribution in [3.63, 3.8) is 0 Å². The van der Waals surface area contributed by atoms with E-state index >= 15 is 0 Å². The third kappa shape index (κ3) is 2.28. The Kier molecular flexibility index (Phi) is 3.25. The minimum atomic E-state index is 0.483. The zero-order chi connectivity index (χ0) is 16.1. The summed E-state index contributed by atoms with van der Waals surface area (Å²) >= 11 is 1.80. The van der Waals surface area contributed by atoms with E-state index in [1.165, 1.54) is 28.9 Å². The van der Waals surface area contributed by atoms with E-state index in [9.17, 15) is 0 Å². The highest BCUT2D eigenvalue weighted by Crippen LogP contribution is 2.43. The number of hydrogen-bond donors (Lipinski definition) is 0. The van der Waals surface area contributed by atoms with Crippen molar-refractivity contribution >= 4 is 33.6 Å². The summed E-state index contributed by atoms with van der Waals surface area (Å²) in [5, 5.41) is 1.23. The fraction of sp³-hybridized carbons (Fsp3) is 0.500. The summed E-state index contributed by atoms with van der Waals surface area (Å²) in [6.45, 7) is 8.78. The maximum absolute atomic E-state index is 4.58. The number of likely N-dealkylation sites (tertiary alicyclic amines) is 1. The molecule has 0 amide bonds. The van der Waals surface area contributed by atoms with E-state index in [-0.39, 0.29) is 0 Å². The smallest absolute Gasteiger partial charge is 0.140 e. The van der Waals surface area contributed by atoms with Gasteiger partial charge >= 0.3 is 0 Å². The van der Waals surface area contributed by atoms with Crippen LogP contribution >= 0.6 is 11.3 Å². The molecular formula is C18H21N5S. The fourth-order valence-corrected chi connectivity index (χ4v) is 5.13. The third-order valence-electron chi connectivity index (χ3n) is 5.30. The molecule has 0 aliphatic carbocycles. The first-order chi connectivity index (χ1) is 11.7. The molecule has 5 heterocycles. The van der Waals surface area contributed by atoms with Gasteiger partial charge in [-0.25, -0.2) is 9.97 Å². The Morgan fingerprint density at radius 3 is 2.83 bits per heavy atom. The van der Waals surface area contributed by atoms with E-state index in [1.807, 2.05) is 6.21 Å². The summed E-state index contributed by atoms with van der Waals surface area (Å²) in [7, 11) is 0. The molecule has 5 nitrogen and oxygen atoms in total. The van der Waals surface area contributed by atoms with Crippen LogP contribution in [0.2, 0.25) is 0 Å². The highest BCUT2D eigenvalue weighted by atomic mass is 32.1. The van der Waals surface area contributed by atoms with Crippen LogP contribution in [0.3, 0.4) is 0 Å². The second-order valence-electron chi connectivity index (χ2n) is 7.26. The molecule has 1 spiro atoms. The molecule has 3 aliphatic rings. The predicted octanol–water partition coefficient (Wildman–Crippen LogP) is 2.39. The summed E-state index contributed by atoms with van der Waals surface area (Å²) in [6, 6.07) is 2.28. The van der Waals surface area contributed by atoms with Gasteiger partial charge in [-0.05, 0) is 18.1 Å². The average molecular weight is 339 g/mol. The van der Waals surface area contributed by atoms with Crippen LogP contribution in [-0.2, 0) is 6.42 Å². The van der Waals surface area contributed by atoms with Crippen molar-refractivity contribution in [2.75, 3.05) is 44.2 Å². The topological polar surface area (TPSA) is 44.6 Å². The molecule has 2 aromatic rings. The van der Waals surface area contributed by atoms with Crippen LogP contribution < -0.4 is 4.90 Å². The Labute approximate surface area is 145 Å². The lowest BCUT2D eigenvalue weighted by Crippen LogP contribution is -2.72. The van der Waals surface area contributed by atoms with Gasteiger partial charge in [0.2, 0.25) is 0 Å². The fourth-order valence-electron chi connectivity index (χ4n) is 4.20. The predicted molar refractivity (Wildman–Crippen MR) is 99.3 cm³/mol. The van der Waals surface area contributed by atoms with Gasteiger partial charge in [0.05, 0.1) is 11.9 Å². The van der Waals surface area contributed by atoms with Crippen LogP contribution in [0.4, 0.5) is 5.82 Å².